The third-order valence-corrected chi connectivity index (χ3v) is 3.65. The molecule has 1 aliphatic heterocycles. The molecule has 2 aromatic rings. The van der Waals surface area contributed by atoms with E-state index in [9.17, 15) is 4.79 Å². The van der Waals surface area contributed by atoms with Crippen molar-refractivity contribution in [1.82, 2.24) is 5.32 Å². The van der Waals surface area contributed by atoms with Crippen LogP contribution in [0.15, 0.2) is 54.6 Å². The quantitative estimate of drug-likeness (QED) is 0.899. The van der Waals surface area contributed by atoms with E-state index < -0.39 is 6.04 Å². The van der Waals surface area contributed by atoms with E-state index in [1.807, 2.05) is 54.6 Å². The highest BCUT2D eigenvalue weighted by Gasteiger charge is 2.26. The minimum absolute atomic E-state index is 0.115. The van der Waals surface area contributed by atoms with Gasteiger partial charge in [-0.3, -0.25) is 4.79 Å². The second-order valence-electron chi connectivity index (χ2n) is 5.21. The van der Waals surface area contributed by atoms with Gasteiger partial charge in [-0.2, -0.15) is 0 Å². The van der Waals surface area contributed by atoms with Gasteiger partial charge in [-0.05, 0) is 18.1 Å². The molecule has 0 bridgehead atoms. The van der Waals surface area contributed by atoms with Gasteiger partial charge < -0.3 is 15.8 Å². The molecule has 3 N–H and O–H groups in total. The number of amides is 1. The topological polar surface area (TPSA) is 64.4 Å². The van der Waals surface area contributed by atoms with Crippen molar-refractivity contribution in [2.45, 2.75) is 18.5 Å². The summed E-state index contributed by atoms with van der Waals surface area (Å²) in [6.45, 7) is 0.461. The molecule has 4 heteroatoms. The second kappa shape index (κ2) is 5.97. The molecule has 0 aliphatic carbocycles. The molecule has 2 atom stereocenters. The van der Waals surface area contributed by atoms with Gasteiger partial charge in [-0.25, -0.2) is 0 Å². The van der Waals surface area contributed by atoms with Crippen LogP contribution in [0.25, 0.3) is 0 Å². The highest BCUT2D eigenvalue weighted by Crippen LogP contribution is 2.31. The van der Waals surface area contributed by atoms with Crippen molar-refractivity contribution in [2.24, 2.45) is 5.73 Å². The van der Waals surface area contributed by atoms with Gasteiger partial charge in [-0.1, -0.05) is 48.5 Å². The fourth-order valence-corrected chi connectivity index (χ4v) is 2.52. The van der Waals surface area contributed by atoms with Crippen molar-refractivity contribution in [3.05, 3.63) is 65.7 Å². The van der Waals surface area contributed by atoms with Gasteiger partial charge in [0.1, 0.15) is 12.4 Å². The first-order chi connectivity index (χ1) is 10.2. The van der Waals surface area contributed by atoms with Crippen LogP contribution in [-0.2, 0) is 11.2 Å². The Morgan fingerprint density at radius 3 is 2.71 bits per heavy atom. The zero-order valence-electron chi connectivity index (χ0n) is 11.7. The molecule has 2 aromatic carbocycles. The zero-order valence-corrected chi connectivity index (χ0v) is 11.7. The summed E-state index contributed by atoms with van der Waals surface area (Å²) in [6, 6.07) is 16.9. The molecule has 0 aromatic heterocycles. The van der Waals surface area contributed by atoms with Crippen LogP contribution in [0.5, 0.6) is 5.75 Å². The third-order valence-electron chi connectivity index (χ3n) is 3.65. The molecule has 3 rings (SSSR count). The molecule has 1 unspecified atom stereocenters. The van der Waals surface area contributed by atoms with E-state index in [1.165, 1.54) is 0 Å². The smallest absolute Gasteiger partial charge is 0.237 e. The monoisotopic (exact) mass is 282 g/mol. The molecule has 4 nitrogen and oxygen atoms in total. The summed E-state index contributed by atoms with van der Waals surface area (Å²) in [4.78, 5) is 12.2. The summed E-state index contributed by atoms with van der Waals surface area (Å²) in [5.41, 5.74) is 8.06. The van der Waals surface area contributed by atoms with Gasteiger partial charge in [0.05, 0.1) is 12.1 Å². The van der Waals surface area contributed by atoms with E-state index in [1.54, 1.807) is 0 Å². The maximum absolute atomic E-state index is 12.2. The summed E-state index contributed by atoms with van der Waals surface area (Å²) >= 11 is 0. The first-order valence-corrected chi connectivity index (χ1v) is 7.05. The maximum Gasteiger partial charge on any atom is 0.237 e. The second-order valence-corrected chi connectivity index (χ2v) is 5.21. The standard InChI is InChI=1S/C17H18N2O2/c18-14(10-12-6-2-1-3-7-12)17(20)19-15-11-21-16-9-5-4-8-13(15)16/h1-9,14-15H,10-11,18H2,(H,19,20)/t14-,15?/m1/s1. The van der Waals surface area contributed by atoms with Crippen LogP contribution in [-0.4, -0.2) is 18.6 Å². The number of carbonyl (C=O) groups excluding carboxylic acids is 1. The molecule has 0 saturated carbocycles. The number of hydrogen-bond donors (Lipinski definition) is 2. The molecular formula is C17H18N2O2. The lowest BCUT2D eigenvalue weighted by Gasteiger charge is -2.16. The van der Waals surface area contributed by atoms with Crippen LogP contribution in [0, 0.1) is 0 Å². The van der Waals surface area contributed by atoms with Crippen LogP contribution in [0.2, 0.25) is 0 Å². The molecule has 0 fully saturated rings. The molecule has 1 aliphatic rings. The Labute approximate surface area is 123 Å². The Kier molecular flexibility index (Phi) is 3.88. The largest absolute Gasteiger partial charge is 0.491 e. The van der Waals surface area contributed by atoms with Crippen molar-refractivity contribution in [3.8, 4) is 5.75 Å². The predicted molar refractivity (Wildman–Crippen MR) is 80.9 cm³/mol. The summed E-state index contributed by atoms with van der Waals surface area (Å²) in [6.07, 6.45) is 0.530. The number of rotatable bonds is 4. The Morgan fingerprint density at radius 2 is 1.90 bits per heavy atom. The average molecular weight is 282 g/mol. The number of fused-ring (bicyclic) bond motifs is 1. The normalized spacial score (nSPS) is 17.7. The lowest BCUT2D eigenvalue weighted by Crippen LogP contribution is -2.43. The first-order valence-electron chi connectivity index (χ1n) is 7.05. The number of ether oxygens (including phenoxy) is 1. The van der Waals surface area contributed by atoms with Crippen LogP contribution in [0.4, 0.5) is 0 Å². The van der Waals surface area contributed by atoms with Crippen molar-refractivity contribution < 1.29 is 9.53 Å². The predicted octanol–water partition coefficient (Wildman–Crippen LogP) is 1.81. The van der Waals surface area contributed by atoms with E-state index in [4.69, 9.17) is 10.5 Å². The molecule has 0 saturated heterocycles. The van der Waals surface area contributed by atoms with E-state index in [0.29, 0.717) is 13.0 Å². The number of para-hydroxylation sites is 1. The van der Waals surface area contributed by atoms with Gasteiger partial charge in [0, 0.05) is 5.56 Å². The molecule has 1 heterocycles. The molecular weight excluding hydrogens is 264 g/mol. The van der Waals surface area contributed by atoms with Gasteiger partial charge in [0.2, 0.25) is 5.91 Å². The first kappa shape index (κ1) is 13.6. The van der Waals surface area contributed by atoms with Crippen LogP contribution in [0.1, 0.15) is 17.2 Å². The van der Waals surface area contributed by atoms with Crippen molar-refractivity contribution in [3.63, 3.8) is 0 Å². The minimum Gasteiger partial charge on any atom is -0.491 e. The Morgan fingerprint density at radius 1 is 1.19 bits per heavy atom. The summed E-state index contributed by atoms with van der Waals surface area (Å²) in [7, 11) is 0. The third kappa shape index (κ3) is 3.06. The number of benzene rings is 2. The maximum atomic E-state index is 12.2. The van der Waals surface area contributed by atoms with E-state index in [0.717, 1.165) is 16.9 Å². The number of carbonyl (C=O) groups is 1. The van der Waals surface area contributed by atoms with Crippen LogP contribution < -0.4 is 15.8 Å². The number of hydrogen-bond acceptors (Lipinski definition) is 3. The number of nitrogens with one attached hydrogen (secondary N) is 1. The summed E-state index contributed by atoms with van der Waals surface area (Å²) in [5.74, 6) is 0.684. The SMILES string of the molecule is N[C@H](Cc1ccccc1)C(=O)NC1COc2ccccc21. The van der Waals surface area contributed by atoms with Crippen molar-refractivity contribution in [1.29, 1.82) is 0 Å². The lowest BCUT2D eigenvalue weighted by molar-refractivity contribution is -0.123. The zero-order chi connectivity index (χ0) is 14.7. The minimum atomic E-state index is -0.555. The fourth-order valence-electron chi connectivity index (χ4n) is 2.52. The van der Waals surface area contributed by atoms with Gasteiger partial charge in [-0.15, -0.1) is 0 Å². The van der Waals surface area contributed by atoms with E-state index in [2.05, 4.69) is 5.32 Å². The van der Waals surface area contributed by atoms with E-state index >= 15 is 0 Å². The highest BCUT2D eigenvalue weighted by molar-refractivity contribution is 5.82. The van der Waals surface area contributed by atoms with Gasteiger partial charge in [0.15, 0.2) is 0 Å². The fraction of sp³-hybridized carbons (Fsp3) is 0.235. The molecule has 1 amide bonds. The number of nitrogens with two attached hydrogens (primary N) is 1. The van der Waals surface area contributed by atoms with Crippen LogP contribution >= 0.6 is 0 Å². The van der Waals surface area contributed by atoms with Gasteiger partial charge >= 0.3 is 0 Å². The summed E-state index contributed by atoms with van der Waals surface area (Å²) in [5, 5.41) is 2.97. The highest BCUT2D eigenvalue weighted by atomic mass is 16.5. The van der Waals surface area contributed by atoms with Crippen molar-refractivity contribution >= 4 is 5.91 Å². The molecule has 108 valence electrons. The Bertz CT molecular complexity index is 628. The molecule has 0 spiro atoms. The Hall–Kier alpha value is -2.33. The lowest BCUT2D eigenvalue weighted by atomic mass is 10.0. The molecule has 0 radical (unpaired) electrons. The Balaban J connectivity index is 1.62. The molecule has 21 heavy (non-hydrogen) atoms. The van der Waals surface area contributed by atoms with Gasteiger partial charge in [0.25, 0.3) is 0 Å². The summed E-state index contributed by atoms with van der Waals surface area (Å²) < 4.78 is 5.55. The average Bonchev–Trinajstić information content (AvgIpc) is 2.91. The van der Waals surface area contributed by atoms with E-state index in [-0.39, 0.29) is 11.9 Å². The van der Waals surface area contributed by atoms with Crippen LogP contribution in [0.3, 0.4) is 0 Å². The van der Waals surface area contributed by atoms with Crippen molar-refractivity contribution in [2.75, 3.05) is 6.61 Å².